The molecule has 100 valence electrons. The van der Waals surface area contributed by atoms with Gasteiger partial charge in [-0.05, 0) is 48.9 Å². The lowest BCUT2D eigenvalue weighted by Crippen LogP contribution is -2.03. The second-order valence-electron chi connectivity index (χ2n) is 3.61. The standard InChI is InChI=1S/C12H11ClN2O3S/c1-3-17-11(16)10-14-15-12(19-10)18-8-4-5-9(13)7(2)6-8/h4-6H,3H2,1-2H3. The van der Waals surface area contributed by atoms with Crippen molar-refractivity contribution in [2.45, 2.75) is 13.8 Å². The van der Waals surface area contributed by atoms with Crippen LogP contribution in [0.15, 0.2) is 18.2 Å². The van der Waals surface area contributed by atoms with Gasteiger partial charge in [0.1, 0.15) is 5.75 Å². The molecule has 19 heavy (non-hydrogen) atoms. The van der Waals surface area contributed by atoms with E-state index in [1.54, 1.807) is 25.1 Å². The Morgan fingerprint density at radius 3 is 2.89 bits per heavy atom. The third kappa shape index (κ3) is 3.42. The van der Waals surface area contributed by atoms with Crippen LogP contribution < -0.4 is 4.74 Å². The Morgan fingerprint density at radius 2 is 2.21 bits per heavy atom. The van der Waals surface area contributed by atoms with E-state index in [2.05, 4.69) is 10.2 Å². The summed E-state index contributed by atoms with van der Waals surface area (Å²) in [6, 6.07) is 5.24. The Balaban J connectivity index is 2.11. The van der Waals surface area contributed by atoms with Crippen LogP contribution in [0.3, 0.4) is 0 Å². The number of carbonyl (C=O) groups is 1. The van der Waals surface area contributed by atoms with Crippen molar-refractivity contribution < 1.29 is 14.3 Å². The zero-order valence-electron chi connectivity index (χ0n) is 10.3. The molecule has 0 saturated carbocycles. The zero-order chi connectivity index (χ0) is 13.8. The fourth-order valence-corrected chi connectivity index (χ4v) is 2.03. The van der Waals surface area contributed by atoms with Gasteiger partial charge in [0.05, 0.1) is 6.61 Å². The van der Waals surface area contributed by atoms with Crippen molar-refractivity contribution in [3.05, 3.63) is 33.8 Å². The van der Waals surface area contributed by atoms with Crippen molar-refractivity contribution in [2.75, 3.05) is 6.61 Å². The lowest BCUT2D eigenvalue weighted by Gasteiger charge is -2.03. The number of carbonyl (C=O) groups excluding carboxylic acids is 1. The highest BCUT2D eigenvalue weighted by molar-refractivity contribution is 7.14. The summed E-state index contributed by atoms with van der Waals surface area (Å²) in [5.41, 5.74) is 0.897. The summed E-state index contributed by atoms with van der Waals surface area (Å²) in [6.45, 7) is 3.90. The number of nitrogens with zero attached hydrogens (tertiary/aromatic N) is 2. The molecular formula is C12H11ClN2O3S. The highest BCUT2D eigenvalue weighted by Crippen LogP contribution is 2.28. The molecule has 0 fully saturated rings. The first-order valence-electron chi connectivity index (χ1n) is 5.54. The van der Waals surface area contributed by atoms with E-state index in [0.29, 0.717) is 17.4 Å². The molecule has 1 aromatic carbocycles. The van der Waals surface area contributed by atoms with Crippen LogP contribution in [-0.4, -0.2) is 22.8 Å². The van der Waals surface area contributed by atoms with Gasteiger partial charge in [0.15, 0.2) is 0 Å². The number of benzene rings is 1. The summed E-state index contributed by atoms with van der Waals surface area (Å²) in [5.74, 6) is 0.0931. The van der Waals surface area contributed by atoms with E-state index in [-0.39, 0.29) is 10.2 Å². The largest absolute Gasteiger partial charge is 0.461 e. The lowest BCUT2D eigenvalue weighted by molar-refractivity contribution is 0.0525. The third-order valence-electron chi connectivity index (χ3n) is 2.19. The van der Waals surface area contributed by atoms with Gasteiger partial charge >= 0.3 is 5.97 Å². The minimum Gasteiger partial charge on any atom is -0.461 e. The lowest BCUT2D eigenvalue weighted by atomic mass is 10.2. The van der Waals surface area contributed by atoms with Crippen LogP contribution in [0, 0.1) is 6.92 Å². The second-order valence-corrected chi connectivity index (χ2v) is 4.95. The van der Waals surface area contributed by atoms with Crippen molar-refractivity contribution in [3.8, 4) is 10.9 Å². The molecule has 0 aliphatic carbocycles. The van der Waals surface area contributed by atoms with Gasteiger partial charge in [0.2, 0.25) is 5.01 Å². The van der Waals surface area contributed by atoms with E-state index in [1.165, 1.54) is 0 Å². The van der Waals surface area contributed by atoms with Crippen LogP contribution in [-0.2, 0) is 4.74 Å². The Labute approximate surface area is 119 Å². The summed E-state index contributed by atoms with van der Waals surface area (Å²) >= 11 is 6.96. The van der Waals surface area contributed by atoms with Gasteiger partial charge < -0.3 is 9.47 Å². The van der Waals surface area contributed by atoms with Crippen molar-refractivity contribution in [3.63, 3.8) is 0 Å². The normalized spacial score (nSPS) is 10.3. The van der Waals surface area contributed by atoms with Gasteiger partial charge in [-0.25, -0.2) is 4.79 Å². The van der Waals surface area contributed by atoms with Crippen LogP contribution in [0.2, 0.25) is 5.02 Å². The molecule has 0 N–H and O–H groups in total. The molecule has 0 atom stereocenters. The number of esters is 1. The summed E-state index contributed by atoms with van der Waals surface area (Å²) < 4.78 is 10.3. The quantitative estimate of drug-likeness (QED) is 0.809. The third-order valence-corrected chi connectivity index (χ3v) is 3.40. The van der Waals surface area contributed by atoms with Crippen molar-refractivity contribution in [2.24, 2.45) is 0 Å². The molecule has 0 saturated heterocycles. The highest BCUT2D eigenvalue weighted by atomic mass is 35.5. The monoisotopic (exact) mass is 298 g/mol. The first-order valence-corrected chi connectivity index (χ1v) is 6.74. The Hall–Kier alpha value is -1.66. The summed E-state index contributed by atoms with van der Waals surface area (Å²) in [4.78, 5) is 11.4. The number of hydrogen-bond acceptors (Lipinski definition) is 6. The average Bonchev–Trinajstić information content (AvgIpc) is 2.83. The van der Waals surface area contributed by atoms with Gasteiger partial charge in [0.25, 0.3) is 5.19 Å². The topological polar surface area (TPSA) is 61.3 Å². The Morgan fingerprint density at radius 1 is 1.42 bits per heavy atom. The van der Waals surface area contributed by atoms with Crippen molar-refractivity contribution >= 4 is 28.9 Å². The van der Waals surface area contributed by atoms with Crippen molar-refractivity contribution in [1.29, 1.82) is 0 Å². The van der Waals surface area contributed by atoms with Crippen LogP contribution >= 0.6 is 22.9 Å². The Kier molecular flexibility index (Phi) is 4.34. The fourth-order valence-electron chi connectivity index (χ4n) is 1.31. The predicted octanol–water partition coefficient (Wildman–Crippen LogP) is 3.47. The van der Waals surface area contributed by atoms with Gasteiger partial charge in [-0.15, -0.1) is 5.10 Å². The maximum absolute atomic E-state index is 11.4. The molecule has 2 aromatic rings. The number of halogens is 1. The molecule has 2 rings (SSSR count). The fraction of sp³-hybridized carbons (Fsp3) is 0.250. The van der Waals surface area contributed by atoms with E-state index in [1.807, 2.05) is 6.92 Å². The maximum atomic E-state index is 11.4. The molecule has 7 heteroatoms. The number of rotatable bonds is 4. The molecule has 5 nitrogen and oxygen atoms in total. The first-order chi connectivity index (χ1) is 9.10. The minimum absolute atomic E-state index is 0.169. The van der Waals surface area contributed by atoms with Crippen molar-refractivity contribution in [1.82, 2.24) is 10.2 Å². The smallest absolute Gasteiger partial charge is 0.369 e. The average molecular weight is 299 g/mol. The van der Waals surface area contributed by atoms with Gasteiger partial charge in [0, 0.05) is 5.02 Å². The zero-order valence-corrected chi connectivity index (χ0v) is 11.9. The van der Waals surface area contributed by atoms with Gasteiger partial charge in [-0.2, -0.15) is 0 Å². The van der Waals surface area contributed by atoms with E-state index < -0.39 is 5.97 Å². The summed E-state index contributed by atoms with van der Waals surface area (Å²) in [6.07, 6.45) is 0. The highest BCUT2D eigenvalue weighted by Gasteiger charge is 2.15. The van der Waals surface area contributed by atoms with E-state index in [0.717, 1.165) is 16.9 Å². The molecule has 0 unspecified atom stereocenters. The molecule has 0 radical (unpaired) electrons. The second kappa shape index (κ2) is 5.99. The van der Waals surface area contributed by atoms with Crippen LogP contribution in [0.4, 0.5) is 0 Å². The molecule has 0 amide bonds. The Bertz CT molecular complexity index is 600. The number of ether oxygens (including phenoxy) is 2. The van der Waals surface area contributed by atoms with E-state index in [4.69, 9.17) is 21.1 Å². The molecular weight excluding hydrogens is 288 g/mol. The summed E-state index contributed by atoms with van der Waals surface area (Å²) in [5, 5.41) is 8.61. The number of aromatic nitrogens is 2. The minimum atomic E-state index is -0.498. The maximum Gasteiger partial charge on any atom is 0.369 e. The predicted molar refractivity (Wildman–Crippen MR) is 72.1 cm³/mol. The van der Waals surface area contributed by atoms with Crippen LogP contribution in [0.1, 0.15) is 22.3 Å². The van der Waals surface area contributed by atoms with Gasteiger partial charge in [-0.1, -0.05) is 16.7 Å². The molecule has 0 bridgehead atoms. The molecule has 1 heterocycles. The molecule has 1 aromatic heterocycles. The molecule has 0 aliphatic heterocycles. The molecule has 0 aliphatic rings. The number of hydrogen-bond donors (Lipinski definition) is 0. The van der Waals surface area contributed by atoms with Gasteiger partial charge in [-0.3, -0.25) is 0 Å². The van der Waals surface area contributed by atoms with Crippen LogP contribution in [0.25, 0.3) is 0 Å². The van der Waals surface area contributed by atoms with E-state index in [9.17, 15) is 4.79 Å². The number of aryl methyl sites for hydroxylation is 1. The first kappa shape index (κ1) is 13.8. The van der Waals surface area contributed by atoms with E-state index >= 15 is 0 Å². The molecule has 0 spiro atoms. The summed E-state index contributed by atoms with van der Waals surface area (Å²) in [7, 11) is 0. The van der Waals surface area contributed by atoms with Crippen LogP contribution in [0.5, 0.6) is 10.9 Å². The SMILES string of the molecule is CCOC(=O)c1nnc(Oc2ccc(Cl)c(C)c2)s1.